The van der Waals surface area contributed by atoms with E-state index < -0.39 is 17.5 Å². The predicted octanol–water partition coefficient (Wildman–Crippen LogP) is 2.68. The zero-order valence-corrected chi connectivity index (χ0v) is 15.4. The van der Waals surface area contributed by atoms with Crippen LogP contribution in [0.25, 0.3) is 0 Å². The van der Waals surface area contributed by atoms with Crippen LogP contribution in [0.5, 0.6) is 0 Å². The van der Waals surface area contributed by atoms with Crippen LogP contribution in [-0.4, -0.2) is 35.3 Å². The number of carbonyl (C=O) groups excluding carboxylic acids is 3. The van der Waals surface area contributed by atoms with Crippen molar-refractivity contribution in [1.82, 2.24) is 15.5 Å². The van der Waals surface area contributed by atoms with E-state index in [-0.39, 0.29) is 23.5 Å². The first-order chi connectivity index (χ1) is 11.7. The maximum atomic E-state index is 12.8. The van der Waals surface area contributed by atoms with Gasteiger partial charge in [-0.05, 0) is 44.7 Å². The number of rotatable bonds is 5. The summed E-state index contributed by atoms with van der Waals surface area (Å²) < 4.78 is 0. The van der Waals surface area contributed by atoms with Crippen LogP contribution < -0.4 is 10.6 Å². The normalized spacial score (nSPS) is 24.2. The van der Waals surface area contributed by atoms with Crippen molar-refractivity contribution in [3.05, 3.63) is 33.8 Å². The highest BCUT2D eigenvalue weighted by molar-refractivity contribution is 6.35. The summed E-state index contributed by atoms with van der Waals surface area (Å²) in [4.78, 5) is 38.2. The molecule has 6 nitrogen and oxygen atoms in total. The number of amides is 4. The average Bonchev–Trinajstić information content (AvgIpc) is 3.33. The van der Waals surface area contributed by atoms with Crippen LogP contribution in [-0.2, 0) is 15.1 Å². The Morgan fingerprint density at radius 2 is 2.08 bits per heavy atom. The lowest BCUT2D eigenvalue weighted by atomic mass is 9.92. The Bertz CT molecular complexity index is 751. The van der Waals surface area contributed by atoms with Gasteiger partial charge in [0.2, 0.25) is 5.91 Å². The van der Waals surface area contributed by atoms with Gasteiger partial charge >= 0.3 is 6.03 Å². The van der Waals surface area contributed by atoms with Gasteiger partial charge in [0.1, 0.15) is 12.1 Å². The van der Waals surface area contributed by atoms with Crippen LogP contribution >= 0.6 is 23.2 Å². The Morgan fingerprint density at radius 1 is 1.40 bits per heavy atom. The van der Waals surface area contributed by atoms with E-state index in [1.54, 1.807) is 19.1 Å². The van der Waals surface area contributed by atoms with Crippen molar-refractivity contribution < 1.29 is 14.4 Å². The third-order valence-electron chi connectivity index (χ3n) is 4.76. The van der Waals surface area contributed by atoms with Crippen molar-refractivity contribution in [2.75, 3.05) is 6.54 Å². The minimum absolute atomic E-state index is 0.0466. The van der Waals surface area contributed by atoms with Crippen molar-refractivity contribution in [3.63, 3.8) is 0 Å². The van der Waals surface area contributed by atoms with Gasteiger partial charge in [0, 0.05) is 21.7 Å². The van der Waals surface area contributed by atoms with Gasteiger partial charge in [-0.1, -0.05) is 29.3 Å². The van der Waals surface area contributed by atoms with E-state index in [0.717, 1.165) is 17.7 Å². The molecule has 134 valence electrons. The van der Waals surface area contributed by atoms with Gasteiger partial charge in [0.25, 0.3) is 5.91 Å². The zero-order chi connectivity index (χ0) is 18.4. The lowest BCUT2D eigenvalue weighted by Gasteiger charge is -2.23. The fourth-order valence-electron chi connectivity index (χ4n) is 3.08. The van der Waals surface area contributed by atoms with Gasteiger partial charge in [-0.15, -0.1) is 0 Å². The number of urea groups is 1. The lowest BCUT2D eigenvalue weighted by Crippen LogP contribution is -2.45. The fraction of sp³-hybridized carbons (Fsp3) is 0.471. The number of imide groups is 1. The van der Waals surface area contributed by atoms with Crippen LogP contribution in [0.2, 0.25) is 10.0 Å². The van der Waals surface area contributed by atoms with E-state index in [2.05, 4.69) is 10.6 Å². The Kier molecular flexibility index (Phi) is 4.68. The third-order valence-corrected chi connectivity index (χ3v) is 5.31. The van der Waals surface area contributed by atoms with E-state index in [1.807, 2.05) is 6.92 Å². The first kappa shape index (κ1) is 18.0. The molecule has 1 aromatic carbocycles. The maximum Gasteiger partial charge on any atom is 0.325 e. The molecule has 4 amide bonds. The van der Waals surface area contributed by atoms with E-state index >= 15 is 0 Å². The molecule has 2 fully saturated rings. The second-order valence-corrected chi connectivity index (χ2v) is 7.61. The van der Waals surface area contributed by atoms with Crippen LogP contribution in [0.3, 0.4) is 0 Å². The highest BCUT2D eigenvalue weighted by Gasteiger charge is 2.50. The summed E-state index contributed by atoms with van der Waals surface area (Å²) in [7, 11) is 0. The Balaban J connectivity index is 1.76. The van der Waals surface area contributed by atoms with Gasteiger partial charge in [-0.2, -0.15) is 0 Å². The monoisotopic (exact) mass is 383 g/mol. The summed E-state index contributed by atoms with van der Waals surface area (Å²) in [5.41, 5.74) is -0.896. The van der Waals surface area contributed by atoms with Crippen molar-refractivity contribution in [2.45, 2.75) is 38.3 Å². The molecule has 0 radical (unpaired) electrons. The summed E-state index contributed by atoms with van der Waals surface area (Å²) in [6, 6.07) is 4.13. The van der Waals surface area contributed by atoms with Gasteiger partial charge in [-0.25, -0.2) is 4.79 Å². The molecule has 1 aliphatic heterocycles. The number of carbonyl (C=O) groups is 3. The topological polar surface area (TPSA) is 78.5 Å². The first-order valence-electron chi connectivity index (χ1n) is 8.11. The van der Waals surface area contributed by atoms with Gasteiger partial charge in [-0.3, -0.25) is 14.5 Å². The number of hydrogen-bond acceptors (Lipinski definition) is 3. The second-order valence-electron chi connectivity index (χ2n) is 6.76. The largest absolute Gasteiger partial charge is 0.352 e. The standard InChI is InChI=1S/C17H19Cl2N3O3/c1-9(10-3-4-10)20-14(23)8-22-15(24)17(2,21-16(22)25)12-6-5-11(18)7-13(12)19/h5-7,9-10H,3-4,8H2,1-2H3,(H,20,23)(H,21,25)/t9-,17+/m1/s1. The molecule has 8 heteroatoms. The number of hydrogen-bond donors (Lipinski definition) is 2. The molecule has 0 unspecified atom stereocenters. The summed E-state index contributed by atoms with van der Waals surface area (Å²) in [6.07, 6.45) is 2.19. The van der Waals surface area contributed by atoms with Crippen LogP contribution in [0.4, 0.5) is 4.79 Å². The summed E-state index contributed by atoms with van der Waals surface area (Å²) >= 11 is 12.1. The highest BCUT2D eigenvalue weighted by atomic mass is 35.5. The SMILES string of the molecule is C[C@@H](NC(=O)CN1C(=O)N[C@@](C)(c2ccc(Cl)cc2Cl)C1=O)C1CC1. The van der Waals surface area contributed by atoms with Crippen molar-refractivity contribution in [1.29, 1.82) is 0 Å². The predicted molar refractivity (Wildman–Crippen MR) is 94.4 cm³/mol. The average molecular weight is 384 g/mol. The summed E-state index contributed by atoms with van der Waals surface area (Å²) in [5.74, 6) is -0.379. The molecule has 1 saturated heterocycles. The van der Waals surface area contributed by atoms with E-state index in [0.29, 0.717) is 16.5 Å². The Hall–Kier alpha value is -1.79. The smallest absolute Gasteiger partial charge is 0.325 e. The summed E-state index contributed by atoms with van der Waals surface area (Å²) in [5, 5.41) is 6.18. The van der Waals surface area contributed by atoms with Crippen LogP contribution in [0, 0.1) is 5.92 Å². The molecule has 2 N–H and O–H groups in total. The minimum Gasteiger partial charge on any atom is -0.352 e. The number of halogens is 2. The van der Waals surface area contributed by atoms with Crippen LogP contribution in [0.1, 0.15) is 32.3 Å². The van der Waals surface area contributed by atoms with Gasteiger partial charge < -0.3 is 10.6 Å². The molecule has 0 aromatic heterocycles. The number of nitrogens with one attached hydrogen (secondary N) is 2. The molecule has 1 heterocycles. The first-order valence-corrected chi connectivity index (χ1v) is 8.87. The van der Waals surface area contributed by atoms with E-state index in [9.17, 15) is 14.4 Å². The highest BCUT2D eigenvalue weighted by Crippen LogP contribution is 2.35. The second kappa shape index (κ2) is 6.50. The molecule has 2 atom stereocenters. The maximum absolute atomic E-state index is 12.8. The molecule has 1 aliphatic carbocycles. The van der Waals surface area contributed by atoms with E-state index in [4.69, 9.17) is 23.2 Å². The molecule has 0 bridgehead atoms. The number of benzene rings is 1. The molecule has 1 aromatic rings. The molecule has 2 aliphatic rings. The van der Waals surface area contributed by atoms with E-state index in [1.165, 1.54) is 6.07 Å². The van der Waals surface area contributed by atoms with Crippen LogP contribution in [0.15, 0.2) is 18.2 Å². The third kappa shape index (κ3) is 3.46. The minimum atomic E-state index is -1.33. The van der Waals surface area contributed by atoms with Crippen molar-refractivity contribution in [3.8, 4) is 0 Å². The Labute approximate surface area is 155 Å². The molecule has 1 saturated carbocycles. The Morgan fingerprint density at radius 3 is 2.68 bits per heavy atom. The van der Waals surface area contributed by atoms with Crippen molar-refractivity contribution in [2.24, 2.45) is 5.92 Å². The molecule has 0 spiro atoms. The molecule has 3 rings (SSSR count). The quantitative estimate of drug-likeness (QED) is 0.767. The number of nitrogens with zero attached hydrogens (tertiary/aromatic N) is 1. The fourth-order valence-corrected chi connectivity index (χ4v) is 3.67. The van der Waals surface area contributed by atoms with Gasteiger partial charge in [0.15, 0.2) is 0 Å². The molecule has 25 heavy (non-hydrogen) atoms. The summed E-state index contributed by atoms with van der Waals surface area (Å²) in [6.45, 7) is 3.18. The zero-order valence-electron chi connectivity index (χ0n) is 13.9. The molecular formula is C17H19Cl2N3O3. The van der Waals surface area contributed by atoms with Crippen molar-refractivity contribution >= 4 is 41.0 Å². The van der Waals surface area contributed by atoms with Gasteiger partial charge in [0.05, 0.1) is 0 Å². The lowest BCUT2D eigenvalue weighted by molar-refractivity contribution is -0.135. The molecular weight excluding hydrogens is 365 g/mol.